The minimum atomic E-state index is 0.144. The topological polar surface area (TPSA) is 55.9 Å². The van der Waals surface area contributed by atoms with Crippen LogP contribution in [0.2, 0.25) is 0 Å². The van der Waals surface area contributed by atoms with E-state index in [1.165, 1.54) is 12.8 Å². The molecule has 1 saturated carbocycles. The number of nitrogens with zero attached hydrogens (tertiary/aromatic N) is 3. The maximum absolute atomic E-state index is 13.2. The van der Waals surface area contributed by atoms with Gasteiger partial charge in [0.05, 0.1) is 5.56 Å². The Hall–Kier alpha value is -2.08. The summed E-state index contributed by atoms with van der Waals surface area (Å²) in [5.74, 6) is 0.631. The average Bonchev–Trinajstić information content (AvgIpc) is 3.30. The molecule has 6 nitrogen and oxygen atoms in total. The molecule has 0 bridgehead atoms. The monoisotopic (exact) mass is 398 g/mol. The first-order valence-corrected chi connectivity index (χ1v) is 11.2. The molecule has 0 atom stereocenters. The number of amides is 2. The predicted molar refractivity (Wildman–Crippen MR) is 115 cm³/mol. The number of piperazine rings is 1. The first kappa shape index (κ1) is 20.2. The zero-order valence-electron chi connectivity index (χ0n) is 17.6. The number of rotatable bonds is 4. The molecule has 3 fully saturated rings. The van der Waals surface area contributed by atoms with Crippen LogP contribution < -0.4 is 10.2 Å². The lowest BCUT2D eigenvalue weighted by molar-refractivity contribution is -0.125. The van der Waals surface area contributed by atoms with Crippen molar-refractivity contribution in [3.63, 3.8) is 0 Å². The standard InChI is InChI=1S/C23H34N4O2/c1-25-14-16-27(17-15-25)23(29)20-8-4-5-9-21(20)26-12-10-19(11-13-26)24-22(28)18-6-2-3-7-18/h4-5,8-9,18-19H,2-3,6-7,10-17H2,1H3,(H,24,28). The van der Waals surface area contributed by atoms with Crippen molar-refractivity contribution >= 4 is 17.5 Å². The molecule has 0 unspecified atom stereocenters. The molecule has 1 aromatic carbocycles. The lowest BCUT2D eigenvalue weighted by Crippen LogP contribution is -2.48. The third kappa shape index (κ3) is 4.74. The molecule has 0 aromatic heterocycles. The number of nitrogens with one attached hydrogen (secondary N) is 1. The summed E-state index contributed by atoms with van der Waals surface area (Å²) < 4.78 is 0. The van der Waals surface area contributed by atoms with Crippen molar-refractivity contribution in [3.05, 3.63) is 29.8 Å². The Balaban J connectivity index is 1.36. The highest BCUT2D eigenvalue weighted by atomic mass is 16.2. The summed E-state index contributed by atoms with van der Waals surface area (Å²) in [6.07, 6.45) is 6.35. The maximum atomic E-state index is 13.2. The number of carbonyl (C=O) groups excluding carboxylic acids is 2. The minimum absolute atomic E-state index is 0.144. The summed E-state index contributed by atoms with van der Waals surface area (Å²) in [6.45, 7) is 5.20. The summed E-state index contributed by atoms with van der Waals surface area (Å²) in [7, 11) is 2.10. The number of hydrogen-bond donors (Lipinski definition) is 1. The van der Waals surface area contributed by atoms with Gasteiger partial charge < -0.3 is 20.0 Å². The highest BCUT2D eigenvalue weighted by Crippen LogP contribution is 2.27. The smallest absolute Gasteiger partial charge is 0.256 e. The highest BCUT2D eigenvalue weighted by molar-refractivity contribution is 6.00. The van der Waals surface area contributed by atoms with Crippen molar-refractivity contribution in [2.45, 2.75) is 44.6 Å². The molecule has 2 aliphatic heterocycles. The Morgan fingerprint density at radius 2 is 1.55 bits per heavy atom. The van der Waals surface area contributed by atoms with Gasteiger partial charge in [-0.25, -0.2) is 0 Å². The summed E-state index contributed by atoms with van der Waals surface area (Å²) >= 11 is 0. The van der Waals surface area contributed by atoms with Crippen LogP contribution >= 0.6 is 0 Å². The van der Waals surface area contributed by atoms with E-state index in [4.69, 9.17) is 0 Å². The zero-order chi connectivity index (χ0) is 20.2. The second-order valence-corrected chi connectivity index (χ2v) is 8.86. The number of benzene rings is 1. The van der Waals surface area contributed by atoms with E-state index >= 15 is 0 Å². The fourth-order valence-corrected chi connectivity index (χ4v) is 4.88. The van der Waals surface area contributed by atoms with E-state index in [-0.39, 0.29) is 23.8 Å². The van der Waals surface area contributed by atoms with Gasteiger partial charge in [0.1, 0.15) is 0 Å². The van der Waals surface area contributed by atoms with Gasteiger partial charge in [-0.05, 0) is 44.9 Å². The van der Waals surface area contributed by atoms with Gasteiger partial charge in [0.2, 0.25) is 5.91 Å². The van der Waals surface area contributed by atoms with Crippen molar-refractivity contribution in [2.24, 2.45) is 5.92 Å². The van der Waals surface area contributed by atoms with E-state index in [1.807, 2.05) is 23.1 Å². The van der Waals surface area contributed by atoms with E-state index in [0.717, 1.165) is 76.2 Å². The van der Waals surface area contributed by atoms with Crippen LogP contribution in [-0.2, 0) is 4.79 Å². The molecule has 6 heteroatoms. The molecular formula is C23H34N4O2. The van der Waals surface area contributed by atoms with Gasteiger partial charge >= 0.3 is 0 Å². The van der Waals surface area contributed by atoms with Crippen molar-refractivity contribution in [1.82, 2.24) is 15.1 Å². The first-order chi connectivity index (χ1) is 14.1. The Labute approximate surface area is 174 Å². The van der Waals surface area contributed by atoms with Crippen LogP contribution in [0, 0.1) is 5.92 Å². The second-order valence-electron chi connectivity index (χ2n) is 8.86. The van der Waals surface area contributed by atoms with Gasteiger partial charge in [-0.2, -0.15) is 0 Å². The van der Waals surface area contributed by atoms with Crippen LogP contribution in [0.1, 0.15) is 48.9 Å². The van der Waals surface area contributed by atoms with Crippen LogP contribution in [0.15, 0.2) is 24.3 Å². The van der Waals surface area contributed by atoms with Crippen LogP contribution in [0.3, 0.4) is 0 Å². The van der Waals surface area contributed by atoms with Crippen LogP contribution in [0.4, 0.5) is 5.69 Å². The zero-order valence-corrected chi connectivity index (χ0v) is 17.6. The summed E-state index contributed by atoms with van der Waals surface area (Å²) in [5.41, 5.74) is 1.85. The number of para-hydroxylation sites is 1. The highest BCUT2D eigenvalue weighted by Gasteiger charge is 2.29. The molecule has 3 aliphatic rings. The minimum Gasteiger partial charge on any atom is -0.371 e. The number of piperidine rings is 1. The normalized spacial score (nSPS) is 22.1. The molecule has 2 amide bonds. The van der Waals surface area contributed by atoms with E-state index in [9.17, 15) is 9.59 Å². The third-order valence-corrected chi connectivity index (χ3v) is 6.83. The maximum Gasteiger partial charge on any atom is 0.256 e. The van der Waals surface area contributed by atoms with Gasteiger partial charge in [-0.15, -0.1) is 0 Å². The molecule has 1 aromatic rings. The van der Waals surface area contributed by atoms with Gasteiger partial charge in [-0.3, -0.25) is 9.59 Å². The molecule has 0 radical (unpaired) electrons. The Morgan fingerprint density at radius 1 is 0.897 bits per heavy atom. The molecule has 0 spiro atoms. The van der Waals surface area contributed by atoms with Crippen LogP contribution in [0.25, 0.3) is 0 Å². The average molecular weight is 399 g/mol. The van der Waals surface area contributed by atoms with Crippen LogP contribution in [0.5, 0.6) is 0 Å². The molecule has 4 rings (SSSR count). The van der Waals surface area contributed by atoms with Crippen molar-refractivity contribution < 1.29 is 9.59 Å². The Morgan fingerprint density at radius 3 is 2.24 bits per heavy atom. The lowest BCUT2D eigenvalue weighted by Gasteiger charge is -2.37. The summed E-state index contributed by atoms with van der Waals surface area (Å²) in [4.78, 5) is 32.1. The first-order valence-electron chi connectivity index (χ1n) is 11.2. The van der Waals surface area contributed by atoms with Gasteiger partial charge in [0.25, 0.3) is 5.91 Å². The third-order valence-electron chi connectivity index (χ3n) is 6.83. The van der Waals surface area contributed by atoms with E-state index in [0.29, 0.717) is 0 Å². The summed E-state index contributed by atoms with van der Waals surface area (Å²) in [6, 6.07) is 8.27. The quantitative estimate of drug-likeness (QED) is 0.846. The van der Waals surface area contributed by atoms with E-state index in [2.05, 4.69) is 28.2 Å². The predicted octanol–water partition coefficient (Wildman–Crippen LogP) is 2.35. The SMILES string of the molecule is CN1CCN(C(=O)c2ccccc2N2CCC(NC(=O)C3CCCC3)CC2)CC1. The number of carbonyl (C=O) groups is 2. The van der Waals surface area contributed by atoms with Gasteiger partial charge in [0, 0.05) is 56.9 Å². The van der Waals surface area contributed by atoms with Crippen molar-refractivity contribution in [1.29, 1.82) is 0 Å². The largest absolute Gasteiger partial charge is 0.371 e. The summed E-state index contributed by atoms with van der Waals surface area (Å²) in [5, 5.41) is 3.28. The second kappa shape index (κ2) is 9.16. The molecule has 1 aliphatic carbocycles. The molecule has 2 heterocycles. The number of anilines is 1. The molecule has 1 N–H and O–H groups in total. The molecule has 158 valence electrons. The molecular weight excluding hydrogens is 364 g/mol. The fourth-order valence-electron chi connectivity index (χ4n) is 4.88. The number of hydrogen-bond acceptors (Lipinski definition) is 4. The van der Waals surface area contributed by atoms with Crippen molar-refractivity contribution in [2.75, 3.05) is 51.2 Å². The van der Waals surface area contributed by atoms with E-state index < -0.39 is 0 Å². The molecule has 2 saturated heterocycles. The van der Waals surface area contributed by atoms with Crippen LogP contribution in [-0.4, -0.2) is 74.0 Å². The van der Waals surface area contributed by atoms with E-state index in [1.54, 1.807) is 0 Å². The van der Waals surface area contributed by atoms with Gasteiger partial charge in [-0.1, -0.05) is 25.0 Å². The Kier molecular flexibility index (Phi) is 6.38. The molecule has 29 heavy (non-hydrogen) atoms. The lowest BCUT2D eigenvalue weighted by atomic mass is 10.0. The van der Waals surface area contributed by atoms with Gasteiger partial charge in [0.15, 0.2) is 0 Å². The Bertz CT molecular complexity index is 715. The fraction of sp³-hybridized carbons (Fsp3) is 0.652. The number of likely N-dealkylation sites (N-methyl/N-ethyl adjacent to an activating group) is 1. The van der Waals surface area contributed by atoms with Crippen molar-refractivity contribution in [3.8, 4) is 0 Å².